The van der Waals surface area contributed by atoms with E-state index in [-0.39, 0.29) is 18.0 Å². The Morgan fingerprint density at radius 3 is 2.45 bits per heavy atom. The summed E-state index contributed by atoms with van der Waals surface area (Å²) in [5.74, 6) is -0.165. The predicted octanol–water partition coefficient (Wildman–Crippen LogP) is 2.54. The van der Waals surface area contributed by atoms with Crippen LogP contribution in [-0.2, 0) is 16.5 Å². The third kappa shape index (κ3) is 3.61. The lowest BCUT2D eigenvalue weighted by Crippen LogP contribution is -2.50. The molecular weight excluding hydrogens is 284 g/mol. The van der Waals surface area contributed by atoms with Crippen molar-refractivity contribution in [3.63, 3.8) is 0 Å². The summed E-state index contributed by atoms with van der Waals surface area (Å²) in [6.45, 7) is 8.79. The lowest BCUT2D eigenvalue weighted by atomic mass is 9.91. The summed E-state index contributed by atoms with van der Waals surface area (Å²) in [6.07, 6.45) is 3.38. The number of carbonyl (C=O) groups excluding carboxylic acids is 2. The van der Waals surface area contributed by atoms with Crippen molar-refractivity contribution in [1.29, 1.82) is 0 Å². The van der Waals surface area contributed by atoms with Gasteiger partial charge in [0.1, 0.15) is 5.60 Å². The van der Waals surface area contributed by atoms with Crippen LogP contribution in [0, 0.1) is 0 Å². The first-order valence-electron chi connectivity index (χ1n) is 7.52. The molecule has 0 aromatic carbocycles. The van der Waals surface area contributed by atoms with Gasteiger partial charge in [-0.2, -0.15) is 0 Å². The Labute approximate surface area is 131 Å². The summed E-state index contributed by atoms with van der Waals surface area (Å²) in [7, 11) is 1.87. The molecule has 6 nitrogen and oxygen atoms in total. The minimum Gasteiger partial charge on any atom is -0.462 e. The molecule has 0 spiro atoms. The number of aromatic nitrogens is 1. The number of hydrogen-bond acceptors (Lipinski definition) is 4. The maximum Gasteiger partial charge on any atom is 0.410 e. The number of aryl methyl sites for hydroxylation is 1. The number of amides is 1. The van der Waals surface area contributed by atoms with Crippen LogP contribution in [0.5, 0.6) is 0 Å². The maximum atomic E-state index is 12.0. The normalized spacial score (nSPS) is 15.4. The second-order valence-electron chi connectivity index (χ2n) is 6.60. The van der Waals surface area contributed by atoms with Crippen molar-refractivity contribution in [2.75, 3.05) is 19.7 Å². The number of esters is 1. The molecule has 2 rings (SSSR count). The zero-order valence-corrected chi connectivity index (χ0v) is 13.9. The van der Waals surface area contributed by atoms with E-state index in [1.807, 2.05) is 38.6 Å². The highest BCUT2D eigenvalue weighted by Crippen LogP contribution is 2.31. The summed E-state index contributed by atoms with van der Waals surface area (Å²) in [5.41, 5.74) is 1.02. The monoisotopic (exact) mass is 308 g/mol. The van der Waals surface area contributed by atoms with Gasteiger partial charge in [-0.1, -0.05) is 0 Å². The van der Waals surface area contributed by atoms with Crippen LogP contribution in [0.25, 0.3) is 0 Å². The second kappa shape index (κ2) is 6.02. The van der Waals surface area contributed by atoms with Gasteiger partial charge in [-0.3, -0.25) is 0 Å². The minimum absolute atomic E-state index is 0.146. The van der Waals surface area contributed by atoms with Crippen LogP contribution >= 0.6 is 0 Å². The average molecular weight is 308 g/mol. The molecule has 1 amide bonds. The molecule has 122 valence electrons. The molecule has 0 aliphatic carbocycles. The standard InChI is InChI=1S/C16H24N2O4/c1-6-21-14(19)13-10-17(5)9-12(13)11-7-18(8-11)15(20)22-16(2,3)4/h9-11H,6-8H2,1-5H3. The Bertz CT molecular complexity index is 565. The van der Waals surface area contributed by atoms with E-state index in [1.54, 1.807) is 18.0 Å². The van der Waals surface area contributed by atoms with Crippen LogP contribution < -0.4 is 0 Å². The van der Waals surface area contributed by atoms with E-state index in [9.17, 15) is 9.59 Å². The zero-order valence-electron chi connectivity index (χ0n) is 13.9. The molecule has 1 aromatic rings. The fraction of sp³-hybridized carbons (Fsp3) is 0.625. The molecule has 0 saturated carbocycles. The first-order chi connectivity index (χ1) is 10.2. The molecule has 0 N–H and O–H groups in total. The van der Waals surface area contributed by atoms with Crippen molar-refractivity contribution in [3.8, 4) is 0 Å². The van der Waals surface area contributed by atoms with Crippen LogP contribution in [0.2, 0.25) is 0 Å². The van der Waals surface area contributed by atoms with Crippen molar-refractivity contribution < 1.29 is 19.1 Å². The van der Waals surface area contributed by atoms with Crippen LogP contribution in [0.4, 0.5) is 4.79 Å². The van der Waals surface area contributed by atoms with Gasteiger partial charge in [0, 0.05) is 38.4 Å². The average Bonchev–Trinajstić information content (AvgIpc) is 2.67. The van der Waals surface area contributed by atoms with Crippen molar-refractivity contribution in [3.05, 3.63) is 23.5 Å². The fourth-order valence-electron chi connectivity index (χ4n) is 2.46. The zero-order chi connectivity index (χ0) is 16.5. The summed E-state index contributed by atoms with van der Waals surface area (Å²) >= 11 is 0. The molecule has 1 fully saturated rings. The Hall–Kier alpha value is -1.98. The predicted molar refractivity (Wildman–Crippen MR) is 81.9 cm³/mol. The van der Waals surface area contributed by atoms with Crippen molar-refractivity contribution in [1.82, 2.24) is 9.47 Å². The van der Waals surface area contributed by atoms with Gasteiger partial charge in [0.05, 0.1) is 12.2 Å². The molecule has 1 aromatic heterocycles. The van der Waals surface area contributed by atoms with Crippen molar-refractivity contribution >= 4 is 12.1 Å². The molecule has 2 heterocycles. The molecule has 1 aliphatic rings. The van der Waals surface area contributed by atoms with E-state index < -0.39 is 5.60 Å². The maximum absolute atomic E-state index is 12.0. The second-order valence-corrected chi connectivity index (χ2v) is 6.60. The Morgan fingerprint density at radius 1 is 1.27 bits per heavy atom. The van der Waals surface area contributed by atoms with Gasteiger partial charge < -0.3 is 18.9 Å². The Balaban J connectivity index is 2.01. The molecule has 0 radical (unpaired) electrons. The third-order valence-electron chi connectivity index (χ3n) is 3.45. The molecule has 1 aliphatic heterocycles. The summed E-state index contributed by atoms with van der Waals surface area (Å²) in [5, 5.41) is 0. The fourth-order valence-corrected chi connectivity index (χ4v) is 2.46. The molecule has 6 heteroatoms. The van der Waals surface area contributed by atoms with Gasteiger partial charge in [-0.05, 0) is 33.3 Å². The first kappa shape index (κ1) is 16.4. The highest BCUT2D eigenvalue weighted by Gasteiger charge is 2.37. The number of nitrogens with zero attached hydrogens (tertiary/aromatic N) is 2. The van der Waals surface area contributed by atoms with Gasteiger partial charge in [0.25, 0.3) is 0 Å². The number of likely N-dealkylation sites (tertiary alicyclic amines) is 1. The van der Waals surface area contributed by atoms with Crippen molar-refractivity contribution in [2.24, 2.45) is 7.05 Å². The highest BCUT2D eigenvalue weighted by atomic mass is 16.6. The molecule has 0 atom stereocenters. The number of carbonyl (C=O) groups is 2. The molecule has 0 bridgehead atoms. The van der Waals surface area contributed by atoms with E-state index >= 15 is 0 Å². The van der Waals surface area contributed by atoms with E-state index in [1.165, 1.54) is 0 Å². The number of ether oxygens (including phenoxy) is 2. The van der Waals surface area contributed by atoms with Gasteiger partial charge in [-0.25, -0.2) is 9.59 Å². The quantitative estimate of drug-likeness (QED) is 0.805. The third-order valence-corrected chi connectivity index (χ3v) is 3.45. The molecule has 1 saturated heterocycles. The smallest absolute Gasteiger partial charge is 0.410 e. The van der Waals surface area contributed by atoms with Crippen molar-refractivity contribution in [2.45, 2.75) is 39.2 Å². The Morgan fingerprint density at radius 2 is 1.91 bits per heavy atom. The van der Waals surface area contributed by atoms with E-state index in [0.29, 0.717) is 25.3 Å². The largest absolute Gasteiger partial charge is 0.462 e. The van der Waals surface area contributed by atoms with Crippen LogP contribution in [0.15, 0.2) is 12.4 Å². The number of hydrogen-bond donors (Lipinski definition) is 0. The molecule has 0 unspecified atom stereocenters. The number of rotatable bonds is 3. The SMILES string of the molecule is CCOC(=O)c1cn(C)cc1C1CN(C(=O)OC(C)(C)C)C1. The summed E-state index contributed by atoms with van der Waals surface area (Å²) < 4.78 is 12.3. The van der Waals surface area contributed by atoms with Gasteiger partial charge in [-0.15, -0.1) is 0 Å². The van der Waals surface area contributed by atoms with E-state index in [2.05, 4.69) is 0 Å². The summed E-state index contributed by atoms with van der Waals surface area (Å²) in [6, 6.07) is 0. The van der Waals surface area contributed by atoms with E-state index in [4.69, 9.17) is 9.47 Å². The van der Waals surface area contributed by atoms with Crippen LogP contribution in [-0.4, -0.2) is 46.8 Å². The van der Waals surface area contributed by atoms with Gasteiger partial charge in [0.2, 0.25) is 0 Å². The highest BCUT2D eigenvalue weighted by molar-refractivity contribution is 5.91. The summed E-state index contributed by atoms with van der Waals surface area (Å²) in [4.78, 5) is 25.6. The van der Waals surface area contributed by atoms with Crippen LogP contribution in [0.1, 0.15) is 49.5 Å². The first-order valence-corrected chi connectivity index (χ1v) is 7.52. The van der Waals surface area contributed by atoms with E-state index in [0.717, 1.165) is 5.56 Å². The molecular formula is C16H24N2O4. The van der Waals surface area contributed by atoms with Crippen LogP contribution in [0.3, 0.4) is 0 Å². The lowest BCUT2D eigenvalue weighted by molar-refractivity contribution is 0.00813. The topological polar surface area (TPSA) is 60.8 Å². The lowest BCUT2D eigenvalue weighted by Gasteiger charge is -2.39. The molecule has 22 heavy (non-hydrogen) atoms. The minimum atomic E-state index is -0.495. The van der Waals surface area contributed by atoms with Gasteiger partial charge in [0.15, 0.2) is 0 Å². The Kier molecular flexibility index (Phi) is 4.49. The van der Waals surface area contributed by atoms with Gasteiger partial charge >= 0.3 is 12.1 Å².